The van der Waals surface area contributed by atoms with Gasteiger partial charge >= 0.3 is 0 Å². The fraction of sp³-hybridized carbons (Fsp3) is 0.400. The first-order chi connectivity index (χ1) is 5.11. The molecular formula is C10H12Cl. The summed E-state index contributed by atoms with van der Waals surface area (Å²) in [5.41, 5.74) is 2.27. The summed E-state index contributed by atoms with van der Waals surface area (Å²) in [5, 5.41) is 0.816. The zero-order valence-electron chi connectivity index (χ0n) is 7.11. The van der Waals surface area contributed by atoms with Gasteiger partial charge in [-0.05, 0) is 36.1 Å². The van der Waals surface area contributed by atoms with Gasteiger partial charge in [-0.2, -0.15) is 0 Å². The Morgan fingerprint density at radius 1 is 1.45 bits per heavy atom. The monoisotopic (exact) mass is 167 g/mol. The maximum Gasteiger partial charge on any atom is 0.0444 e. The molecule has 0 atom stereocenters. The lowest BCUT2D eigenvalue weighted by Gasteiger charge is -2.05. The third kappa shape index (κ3) is 1.97. The van der Waals surface area contributed by atoms with Crippen molar-refractivity contribution in [3.05, 3.63) is 34.3 Å². The van der Waals surface area contributed by atoms with E-state index in [-0.39, 0.29) is 0 Å². The SMILES string of the molecule is Cc1[c]cc(C(C)C)cc1Cl. The minimum absolute atomic E-state index is 0.532. The van der Waals surface area contributed by atoms with E-state index in [1.807, 2.05) is 19.1 Å². The van der Waals surface area contributed by atoms with E-state index in [2.05, 4.69) is 19.9 Å². The highest BCUT2D eigenvalue weighted by molar-refractivity contribution is 6.31. The van der Waals surface area contributed by atoms with Crippen LogP contribution in [0.15, 0.2) is 12.1 Å². The maximum atomic E-state index is 5.93. The van der Waals surface area contributed by atoms with Crippen LogP contribution in [0.25, 0.3) is 0 Å². The quantitative estimate of drug-likeness (QED) is 0.600. The largest absolute Gasteiger partial charge is 0.0840 e. The van der Waals surface area contributed by atoms with Crippen molar-refractivity contribution >= 4 is 11.6 Å². The average Bonchev–Trinajstić information content (AvgIpc) is 1.94. The van der Waals surface area contributed by atoms with Crippen LogP contribution < -0.4 is 0 Å². The summed E-state index contributed by atoms with van der Waals surface area (Å²) < 4.78 is 0. The van der Waals surface area contributed by atoms with Crippen LogP contribution in [0.5, 0.6) is 0 Å². The van der Waals surface area contributed by atoms with Gasteiger partial charge in [0.1, 0.15) is 0 Å². The molecular weight excluding hydrogens is 156 g/mol. The van der Waals surface area contributed by atoms with Gasteiger partial charge in [0.15, 0.2) is 0 Å². The van der Waals surface area contributed by atoms with Crippen molar-refractivity contribution in [3.63, 3.8) is 0 Å². The number of halogens is 1. The molecule has 11 heavy (non-hydrogen) atoms. The molecule has 59 valence electrons. The molecule has 0 aromatic heterocycles. The van der Waals surface area contributed by atoms with Gasteiger partial charge < -0.3 is 0 Å². The van der Waals surface area contributed by atoms with Crippen molar-refractivity contribution in [2.24, 2.45) is 0 Å². The lowest BCUT2D eigenvalue weighted by Crippen LogP contribution is -1.87. The first kappa shape index (κ1) is 8.61. The molecule has 0 unspecified atom stereocenters. The van der Waals surface area contributed by atoms with Gasteiger partial charge in [0.05, 0.1) is 0 Å². The van der Waals surface area contributed by atoms with E-state index >= 15 is 0 Å². The molecule has 0 saturated carbocycles. The molecule has 1 radical (unpaired) electrons. The second kappa shape index (κ2) is 3.27. The Balaban J connectivity index is 3.05. The first-order valence-electron chi connectivity index (χ1n) is 3.79. The van der Waals surface area contributed by atoms with Crippen molar-refractivity contribution in [2.45, 2.75) is 26.7 Å². The maximum absolute atomic E-state index is 5.93. The van der Waals surface area contributed by atoms with Crippen molar-refractivity contribution in [3.8, 4) is 0 Å². The summed E-state index contributed by atoms with van der Waals surface area (Å²) in [6.07, 6.45) is 0. The molecule has 0 aliphatic heterocycles. The fourth-order valence-electron chi connectivity index (χ4n) is 0.890. The van der Waals surface area contributed by atoms with E-state index in [0.717, 1.165) is 10.6 Å². The van der Waals surface area contributed by atoms with Crippen LogP contribution >= 0.6 is 11.6 Å². The van der Waals surface area contributed by atoms with Crippen molar-refractivity contribution in [1.29, 1.82) is 0 Å². The Morgan fingerprint density at radius 3 is 2.55 bits per heavy atom. The molecule has 1 aromatic rings. The third-order valence-electron chi connectivity index (χ3n) is 1.77. The molecule has 0 aliphatic rings. The predicted octanol–water partition coefficient (Wildman–Crippen LogP) is 3.57. The highest BCUT2D eigenvalue weighted by atomic mass is 35.5. The summed E-state index contributed by atoms with van der Waals surface area (Å²) in [6, 6.07) is 7.14. The Hall–Kier alpha value is -0.490. The zero-order valence-corrected chi connectivity index (χ0v) is 7.87. The molecule has 1 rings (SSSR count). The smallest absolute Gasteiger partial charge is 0.0444 e. The van der Waals surface area contributed by atoms with Crippen LogP contribution in [0, 0.1) is 13.0 Å². The highest BCUT2D eigenvalue weighted by Crippen LogP contribution is 2.21. The van der Waals surface area contributed by atoms with Crippen LogP contribution in [-0.2, 0) is 0 Å². The summed E-state index contributed by atoms with van der Waals surface area (Å²) in [4.78, 5) is 0. The van der Waals surface area contributed by atoms with Gasteiger partial charge in [-0.3, -0.25) is 0 Å². The van der Waals surface area contributed by atoms with E-state index in [1.165, 1.54) is 5.56 Å². The van der Waals surface area contributed by atoms with E-state index in [4.69, 9.17) is 11.6 Å². The summed E-state index contributed by atoms with van der Waals surface area (Å²) in [7, 11) is 0. The van der Waals surface area contributed by atoms with E-state index in [0.29, 0.717) is 5.92 Å². The van der Waals surface area contributed by atoms with Gasteiger partial charge in [0, 0.05) is 5.02 Å². The Morgan fingerprint density at radius 2 is 2.09 bits per heavy atom. The predicted molar refractivity (Wildman–Crippen MR) is 49.1 cm³/mol. The lowest BCUT2D eigenvalue weighted by atomic mass is 10.0. The minimum Gasteiger partial charge on any atom is -0.0840 e. The molecule has 0 spiro atoms. The van der Waals surface area contributed by atoms with Gasteiger partial charge in [-0.15, -0.1) is 0 Å². The molecule has 0 N–H and O–H groups in total. The summed E-state index contributed by atoms with van der Waals surface area (Å²) in [5.74, 6) is 0.532. The fourth-order valence-corrected chi connectivity index (χ4v) is 1.07. The number of hydrogen-bond donors (Lipinski definition) is 0. The lowest BCUT2D eigenvalue weighted by molar-refractivity contribution is 0.865. The molecule has 1 heteroatoms. The minimum atomic E-state index is 0.532. The first-order valence-corrected chi connectivity index (χ1v) is 4.17. The molecule has 0 nitrogen and oxygen atoms in total. The molecule has 0 heterocycles. The average molecular weight is 168 g/mol. The second-order valence-electron chi connectivity index (χ2n) is 3.06. The Labute approximate surface area is 73.2 Å². The Kier molecular flexibility index (Phi) is 2.56. The van der Waals surface area contributed by atoms with Gasteiger partial charge in [-0.1, -0.05) is 31.5 Å². The molecule has 0 fully saturated rings. The molecule has 0 aliphatic carbocycles. The van der Waals surface area contributed by atoms with E-state index in [9.17, 15) is 0 Å². The van der Waals surface area contributed by atoms with Gasteiger partial charge in [0.25, 0.3) is 0 Å². The second-order valence-corrected chi connectivity index (χ2v) is 3.47. The molecule has 0 saturated heterocycles. The van der Waals surface area contributed by atoms with Crippen LogP contribution in [0.4, 0.5) is 0 Å². The van der Waals surface area contributed by atoms with Gasteiger partial charge in [-0.25, -0.2) is 0 Å². The summed E-state index contributed by atoms with van der Waals surface area (Å²) in [6.45, 7) is 6.26. The number of benzene rings is 1. The van der Waals surface area contributed by atoms with Crippen LogP contribution in [-0.4, -0.2) is 0 Å². The third-order valence-corrected chi connectivity index (χ3v) is 2.17. The standard InChI is InChI=1S/C10H12Cl/c1-7(2)9-5-4-8(3)10(11)6-9/h5-7H,1-3H3. The molecule has 1 aromatic carbocycles. The number of rotatable bonds is 1. The van der Waals surface area contributed by atoms with Crippen LogP contribution in [0.2, 0.25) is 5.02 Å². The normalized spacial score (nSPS) is 10.6. The van der Waals surface area contributed by atoms with Crippen molar-refractivity contribution in [1.82, 2.24) is 0 Å². The van der Waals surface area contributed by atoms with Crippen LogP contribution in [0.3, 0.4) is 0 Å². The van der Waals surface area contributed by atoms with E-state index in [1.54, 1.807) is 0 Å². The highest BCUT2D eigenvalue weighted by Gasteiger charge is 2.00. The summed E-state index contributed by atoms with van der Waals surface area (Å²) >= 11 is 5.93. The van der Waals surface area contributed by atoms with E-state index < -0.39 is 0 Å². The van der Waals surface area contributed by atoms with Crippen molar-refractivity contribution < 1.29 is 0 Å². The number of aryl methyl sites for hydroxylation is 1. The van der Waals surface area contributed by atoms with Crippen molar-refractivity contribution in [2.75, 3.05) is 0 Å². The molecule has 0 bridgehead atoms. The molecule has 0 amide bonds. The zero-order chi connectivity index (χ0) is 8.43. The topological polar surface area (TPSA) is 0 Å². The Bertz CT molecular complexity index is 251. The van der Waals surface area contributed by atoms with Crippen LogP contribution in [0.1, 0.15) is 30.9 Å². The van der Waals surface area contributed by atoms with Gasteiger partial charge in [0.2, 0.25) is 0 Å². The number of hydrogen-bond acceptors (Lipinski definition) is 0.